The molecule has 0 aliphatic rings. The Kier molecular flexibility index (Phi) is 8.41. The molecule has 0 bridgehead atoms. The Balaban J connectivity index is 2.70. The molecule has 0 aliphatic heterocycles. The highest BCUT2D eigenvalue weighted by atomic mass is 19.2. The molecule has 0 saturated heterocycles. The van der Waals surface area contributed by atoms with E-state index in [9.17, 15) is 39.5 Å². The van der Waals surface area contributed by atoms with Crippen molar-refractivity contribution < 1.29 is 83.4 Å². The largest absolute Gasteiger partial charge is 0.207 e. The van der Waals surface area contributed by atoms with Crippen molar-refractivity contribution in [3.63, 3.8) is 0 Å². The molecule has 0 unspecified atom stereocenters. The van der Waals surface area contributed by atoms with Crippen molar-refractivity contribution in [1.82, 2.24) is 0 Å². The van der Waals surface area contributed by atoms with E-state index < -0.39 is 144 Å². The van der Waals surface area contributed by atoms with Gasteiger partial charge in [0.2, 0.25) is 0 Å². The average molecular weight is 687 g/mol. The molecular formula is C26H3BF19-. The van der Waals surface area contributed by atoms with Crippen LogP contribution in [0.25, 0.3) is 6.08 Å². The van der Waals surface area contributed by atoms with E-state index in [1.807, 2.05) is 0 Å². The van der Waals surface area contributed by atoms with Crippen LogP contribution in [0.3, 0.4) is 0 Å². The Labute approximate surface area is 240 Å². The van der Waals surface area contributed by atoms with Gasteiger partial charge in [0, 0.05) is 0 Å². The number of rotatable bonds is 5. The lowest BCUT2D eigenvalue weighted by atomic mass is 9.12. The van der Waals surface area contributed by atoms with E-state index in [4.69, 9.17) is 0 Å². The SMILES string of the molecule is C=Cc1c(F)c(F)c([B-](c2c(F)c(F)c(F)c(F)c2F)(c2c(F)c(F)c(F)c(F)c2F)c2c(F)c(F)c(F)c(F)c2F)c(F)c1F. The Morgan fingerprint density at radius 2 is 0.413 bits per heavy atom. The minimum absolute atomic E-state index is 0.107. The molecule has 0 radical (unpaired) electrons. The summed E-state index contributed by atoms with van der Waals surface area (Å²) < 4.78 is 284. The van der Waals surface area contributed by atoms with Crippen LogP contribution in [0.4, 0.5) is 83.4 Å². The first-order valence-electron chi connectivity index (χ1n) is 11.4. The van der Waals surface area contributed by atoms with Gasteiger partial charge in [0.15, 0.2) is 64.0 Å². The Morgan fingerprint density at radius 1 is 0.261 bits per heavy atom. The van der Waals surface area contributed by atoms with Crippen LogP contribution in [-0.2, 0) is 0 Å². The van der Waals surface area contributed by atoms with Crippen molar-refractivity contribution in [3.8, 4) is 0 Å². The minimum atomic E-state index is -7.09. The fourth-order valence-corrected chi connectivity index (χ4v) is 5.10. The van der Waals surface area contributed by atoms with Crippen LogP contribution in [0.1, 0.15) is 5.56 Å². The van der Waals surface area contributed by atoms with Gasteiger partial charge in [-0.05, 0) is 0 Å². The molecule has 0 fully saturated rings. The molecule has 244 valence electrons. The Bertz CT molecular complexity index is 1730. The average Bonchev–Trinajstić information content (AvgIpc) is 3.02. The van der Waals surface area contributed by atoms with Crippen LogP contribution in [0, 0.1) is 111 Å². The molecule has 0 spiro atoms. The molecule has 0 aromatic heterocycles. The highest BCUT2D eigenvalue weighted by Gasteiger charge is 2.52. The van der Waals surface area contributed by atoms with Gasteiger partial charge in [-0.1, -0.05) is 12.7 Å². The van der Waals surface area contributed by atoms with E-state index in [1.165, 1.54) is 0 Å². The standard InChI is InChI=1S/C26H3BF19/c1-2-3-8(28)10(30)4(11(31)9(3)29)27(5-12(32)18(38)24(44)19(39)13(5)33,6-14(34)20(40)25(45)21(41)15(6)35)7-16(36)22(42)26(46)23(43)17(7)37/h2H,1H2/q-1. The normalized spacial score (nSPS) is 11.9. The summed E-state index contributed by atoms with van der Waals surface area (Å²) in [5.74, 6) is -65.3. The molecule has 46 heavy (non-hydrogen) atoms. The second kappa shape index (κ2) is 11.3. The third-order valence-corrected chi connectivity index (χ3v) is 7.00. The zero-order chi connectivity index (χ0) is 35.1. The molecule has 20 heteroatoms. The van der Waals surface area contributed by atoms with Crippen LogP contribution in [0.15, 0.2) is 6.58 Å². The van der Waals surface area contributed by atoms with Crippen molar-refractivity contribution in [3.05, 3.63) is 123 Å². The fraction of sp³-hybridized carbons (Fsp3) is 0. The molecule has 0 atom stereocenters. The fourth-order valence-electron chi connectivity index (χ4n) is 5.10. The molecule has 0 nitrogen and oxygen atoms in total. The summed E-state index contributed by atoms with van der Waals surface area (Å²) in [5, 5.41) is 0. The lowest BCUT2D eigenvalue weighted by Crippen LogP contribution is -2.81. The first-order valence-corrected chi connectivity index (χ1v) is 11.4. The van der Waals surface area contributed by atoms with Crippen LogP contribution < -0.4 is 21.9 Å². The zero-order valence-corrected chi connectivity index (χ0v) is 21.0. The van der Waals surface area contributed by atoms with Crippen molar-refractivity contribution in [1.29, 1.82) is 0 Å². The van der Waals surface area contributed by atoms with Gasteiger partial charge in [-0.2, -0.15) is 0 Å². The number of halogens is 19. The monoisotopic (exact) mass is 687 g/mol. The lowest BCUT2D eigenvalue weighted by molar-refractivity contribution is 0.379. The second-order valence-corrected chi connectivity index (χ2v) is 9.10. The van der Waals surface area contributed by atoms with Gasteiger partial charge in [0.1, 0.15) is 52.7 Å². The second-order valence-electron chi connectivity index (χ2n) is 9.10. The highest BCUT2D eigenvalue weighted by molar-refractivity contribution is 7.20. The van der Waals surface area contributed by atoms with Gasteiger partial charge in [0.05, 0.1) is 5.56 Å². The Hall–Kier alpha value is -4.65. The van der Waals surface area contributed by atoms with Crippen LogP contribution >= 0.6 is 0 Å². The van der Waals surface area contributed by atoms with E-state index >= 15 is 43.9 Å². The zero-order valence-electron chi connectivity index (χ0n) is 21.0. The number of hydrogen-bond donors (Lipinski definition) is 0. The predicted molar refractivity (Wildman–Crippen MR) is 119 cm³/mol. The first-order chi connectivity index (χ1) is 21.2. The van der Waals surface area contributed by atoms with Gasteiger partial charge in [0.25, 0.3) is 0 Å². The Morgan fingerprint density at radius 3 is 0.587 bits per heavy atom. The molecule has 0 N–H and O–H groups in total. The summed E-state index contributed by atoms with van der Waals surface area (Å²) in [4.78, 5) is 0. The van der Waals surface area contributed by atoms with Gasteiger partial charge in [-0.15, -0.1) is 21.9 Å². The number of hydrogen-bond acceptors (Lipinski definition) is 0. The summed E-state index contributed by atoms with van der Waals surface area (Å²) in [7, 11) is 0. The highest BCUT2D eigenvalue weighted by Crippen LogP contribution is 2.31. The molecule has 4 aromatic carbocycles. The maximum absolute atomic E-state index is 15.7. The number of benzene rings is 4. The van der Waals surface area contributed by atoms with Crippen molar-refractivity contribution in [2.75, 3.05) is 0 Å². The van der Waals surface area contributed by atoms with E-state index in [0.717, 1.165) is 0 Å². The molecule has 0 aliphatic carbocycles. The minimum Gasteiger partial charge on any atom is -0.207 e. The summed E-state index contributed by atoms with van der Waals surface area (Å²) in [5.41, 5.74) is -15.8. The molecule has 0 amide bonds. The summed E-state index contributed by atoms with van der Waals surface area (Å²) in [6.45, 7) is 2.69. The molecular weight excluding hydrogens is 684 g/mol. The molecule has 0 heterocycles. The third-order valence-electron chi connectivity index (χ3n) is 7.00. The van der Waals surface area contributed by atoms with Crippen LogP contribution in [-0.4, -0.2) is 6.15 Å². The topological polar surface area (TPSA) is 0 Å². The smallest absolute Gasteiger partial charge is 0.200 e. The van der Waals surface area contributed by atoms with Crippen LogP contribution in [0.5, 0.6) is 0 Å². The molecule has 0 saturated carbocycles. The molecule has 4 aromatic rings. The van der Waals surface area contributed by atoms with E-state index in [2.05, 4.69) is 6.58 Å². The van der Waals surface area contributed by atoms with Gasteiger partial charge >= 0.3 is 0 Å². The molecule has 4 rings (SSSR count). The van der Waals surface area contributed by atoms with E-state index in [-0.39, 0.29) is 6.08 Å². The lowest BCUT2D eigenvalue weighted by Gasteiger charge is -2.45. The summed E-state index contributed by atoms with van der Waals surface area (Å²) >= 11 is 0. The van der Waals surface area contributed by atoms with Crippen LogP contribution in [0.2, 0.25) is 0 Å². The quantitative estimate of drug-likeness (QED) is 0.0995. The summed E-state index contributed by atoms with van der Waals surface area (Å²) in [6.07, 6.45) is -7.20. The predicted octanol–water partition coefficient (Wildman–Crippen LogP) is 6.35. The van der Waals surface area contributed by atoms with Gasteiger partial charge in [-0.25, -0.2) is 83.4 Å². The van der Waals surface area contributed by atoms with Crippen molar-refractivity contribution in [2.24, 2.45) is 0 Å². The van der Waals surface area contributed by atoms with Crippen molar-refractivity contribution in [2.45, 2.75) is 0 Å². The maximum Gasteiger partial charge on any atom is 0.200 e. The third kappa shape index (κ3) is 4.20. The summed E-state index contributed by atoms with van der Waals surface area (Å²) in [6, 6.07) is 0. The van der Waals surface area contributed by atoms with E-state index in [1.54, 1.807) is 0 Å². The van der Waals surface area contributed by atoms with Gasteiger partial charge in [-0.3, -0.25) is 0 Å². The first kappa shape index (κ1) is 34.2. The van der Waals surface area contributed by atoms with Crippen molar-refractivity contribution >= 4 is 34.1 Å². The van der Waals surface area contributed by atoms with Gasteiger partial charge < -0.3 is 0 Å². The maximum atomic E-state index is 15.7. The van der Waals surface area contributed by atoms with E-state index in [0.29, 0.717) is 0 Å².